The number of rotatable bonds is 5. The molecule has 0 bridgehead atoms. The molecule has 1 unspecified atom stereocenters. The van der Waals surface area contributed by atoms with E-state index < -0.39 is 4.92 Å². The number of benzene rings is 1. The molecule has 2 N–H and O–H groups in total. The lowest BCUT2D eigenvalue weighted by atomic mass is 10.1. The van der Waals surface area contributed by atoms with Crippen molar-refractivity contribution in [1.82, 2.24) is 5.32 Å². The van der Waals surface area contributed by atoms with E-state index in [-0.39, 0.29) is 17.6 Å². The first-order valence-corrected chi connectivity index (χ1v) is 7.21. The normalized spacial score (nSPS) is 11.7. The molecule has 0 spiro atoms. The predicted molar refractivity (Wildman–Crippen MR) is 82.8 cm³/mol. The van der Waals surface area contributed by atoms with Gasteiger partial charge in [0.2, 0.25) is 0 Å². The van der Waals surface area contributed by atoms with Crippen molar-refractivity contribution in [3.05, 3.63) is 56.3 Å². The molecule has 1 aromatic heterocycles. The molecule has 1 atom stereocenters. The second-order valence-corrected chi connectivity index (χ2v) is 5.43. The van der Waals surface area contributed by atoms with Gasteiger partial charge in [-0.1, -0.05) is 6.07 Å². The smallest absolute Gasteiger partial charge is 0.292 e. The van der Waals surface area contributed by atoms with Crippen LogP contribution in [0.5, 0.6) is 0 Å². The van der Waals surface area contributed by atoms with Gasteiger partial charge in [0.25, 0.3) is 11.6 Å². The van der Waals surface area contributed by atoms with Crippen LogP contribution in [-0.2, 0) is 0 Å². The molecule has 7 heteroatoms. The third kappa shape index (κ3) is 3.38. The minimum absolute atomic E-state index is 0.0499. The zero-order chi connectivity index (χ0) is 15.4. The summed E-state index contributed by atoms with van der Waals surface area (Å²) in [5.41, 5.74) is 0.664. The van der Waals surface area contributed by atoms with Crippen LogP contribution >= 0.6 is 11.3 Å². The molecule has 0 saturated carbocycles. The van der Waals surface area contributed by atoms with Gasteiger partial charge in [-0.2, -0.15) is 0 Å². The van der Waals surface area contributed by atoms with Crippen LogP contribution in [0.15, 0.2) is 35.7 Å². The number of amides is 1. The van der Waals surface area contributed by atoms with E-state index in [4.69, 9.17) is 0 Å². The zero-order valence-electron chi connectivity index (χ0n) is 11.6. The van der Waals surface area contributed by atoms with Crippen LogP contribution in [-0.4, -0.2) is 17.9 Å². The molecule has 0 radical (unpaired) electrons. The largest absolute Gasteiger partial charge is 0.372 e. The van der Waals surface area contributed by atoms with Crippen molar-refractivity contribution >= 4 is 28.6 Å². The van der Waals surface area contributed by atoms with Gasteiger partial charge in [-0.25, -0.2) is 0 Å². The third-order valence-electron chi connectivity index (χ3n) is 3.02. The van der Waals surface area contributed by atoms with Crippen molar-refractivity contribution < 1.29 is 9.72 Å². The van der Waals surface area contributed by atoms with Crippen LogP contribution < -0.4 is 10.6 Å². The molecule has 0 aliphatic carbocycles. The Morgan fingerprint density at radius 1 is 1.38 bits per heavy atom. The Morgan fingerprint density at radius 3 is 2.71 bits per heavy atom. The fraction of sp³-hybridized carbons (Fsp3) is 0.214. The Kier molecular flexibility index (Phi) is 4.54. The van der Waals surface area contributed by atoms with E-state index in [1.807, 2.05) is 24.4 Å². The fourth-order valence-electron chi connectivity index (χ4n) is 1.94. The van der Waals surface area contributed by atoms with E-state index in [1.54, 1.807) is 11.3 Å². The molecule has 2 aromatic rings. The first-order valence-electron chi connectivity index (χ1n) is 6.33. The van der Waals surface area contributed by atoms with Crippen molar-refractivity contribution in [3.8, 4) is 0 Å². The van der Waals surface area contributed by atoms with Gasteiger partial charge in [-0.05, 0) is 30.5 Å². The summed E-state index contributed by atoms with van der Waals surface area (Å²) >= 11 is 1.57. The number of thiophene rings is 1. The topological polar surface area (TPSA) is 84.3 Å². The number of nitro benzene ring substituents is 1. The lowest BCUT2D eigenvalue weighted by Gasteiger charge is -2.14. The summed E-state index contributed by atoms with van der Waals surface area (Å²) < 4.78 is 0. The summed E-state index contributed by atoms with van der Waals surface area (Å²) in [5, 5.41) is 18.7. The first kappa shape index (κ1) is 15.0. The predicted octanol–water partition coefficient (Wildman–Crippen LogP) is 3.19. The summed E-state index contributed by atoms with van der Waals surface area (Å²) in [6, 6.07) is 8.08. The van der Waals surface area contributed by atoms with Gasteiger partial charge in [-0.15, -0.1) is 11.3 Å². The number of anilines is 1. The lowest BCUT2D eigenvalue weighted by molar-refractivity contribution is -0.384. The molecule has 1 amide bonds. The molecule has 21 heavy (non-hydrogen) atoms. The van der Waals surface area contributed by atoms with E-state index >= 15 is 0 Å². The van der Waals surface area contributed by atoms with Crippen LogP contribution in [0.25, 0.3) is 0 Å². The Morgan fingerprint density at radius 2 is 2.14 bits per heavy atom. The van der Waals surface area contributed by atoms with Crippen LogP contribution in [0.3, 0.4) is 0 Å². The summed E-state index contributed by atoms with van der Waals surface area (Å²) in [5.74, 6) is -0.281. The second-order valence-electron chi connectivity index (χ2n) is 4.45. The molecule has 6 nitrogen and oxygen atoms in total. The molecule has 1 heterocycles. The van der Waals surface area contributed by atoms with Crippen molar-refractivity contribution in [3.63, 3.8) is 0 Å². The summed E-state index contributed by atoms with van der Waals surface area (Å²) in [6.45, 7) is 1.92. The molecule has 2 rings (SSSR count). The highest BCUT2D eigenvalue weighted by atomic mass is 32.1. The summed E-state index contributed by atoms with van der Waals surface area (Å²) in [7, 11) is 1.52. The quantitative estimate of drug-likeness (QED) is 0.656. The van der Waals surface area contributed by atoms with Crippen LogP contribution in [0.1, 0.15) is 28.2 Å². The summed E-state index contributed by atoms with van der Waals surface area (Å²) in [4.78, 5) is 23.4. The standard InChI is InChI=1S/C14H15N3O3S/c1-9(13-4-3-7-21-13)16-11-8-10(14(18)15-2)5-6-12(11)17(19)20/h3-9,16H,1-2H3,(H,15,18). The molecule has 0 saturated heterocycles. The maximum absolute atomic E-state index is 11.7. The highest BCUT2D eigenvalue weighted by molar-refractivity contribution is 7.10. The number of nitrogens with zero attached hydrogens (tertiary/aromatic N) is 1. The average molecular weight is 305 g/mol. The maximum Gasteiger partial charge on any atom is 0.292 e. The number of carbonyl (C=O) groups excluding carboxylic acids is 1. The molecule has 0 fully saturated rings. The molecule has 110 valence electrons. The minimum atomic E-state index is -0.461. The molecule has 0 aliphatic heterocycles. The number of nitrogens with one attached hydrogen (secondary N) is 2. The van der Waals surface area contributed by atoms with E-state index in [0.717, 1.165) is 4.88 Å². The fourth-order valence-corrected chi connectivity index (χ4v) is 2.67. The first-order chi connectivity index (χ1) is 10.0. The Labute approximate surface area is 126 Å². The van der Waals surface area contributed by atoms with E-state index in [1.165, 1.54) is 25.2 Å². The van der Waals surface area contributed by atoms with Crippen molar-refractivity contribution in [2.75, 3.05) is 12.4 Å². The highest BCUT2D eigenvalue weighted by Gasteiger charge is 2.18. The Balaban J connectivity index is 2.34. The summed E-state index contributed by atoms with van der Waals surface area (Å²) in [6.07, 6.45) is 0. The number of nitro groups is 1. The van der Waals surface area contributed by atoms with Gasteiger partial charge < -0.3 is 10.6 Å². The Bertz CT molecular complexity index is 655. The van der Waals surface area contributed by atoms with Crippen molar-refractivity contribution in [2.24, 2.45) is 0 Å². The monoisotopic (exact) mass is 305 g/mol. The average Bonchev–Trinajstić information content (AvgIpc) is 3.00. The van der Waals surface area contributed by atoms with E-state index in [0.29, 0.717) is 11.3 Å². The Hall–Kier alpha value is -2.41. The van der Waals surface area contributed by atoms with Crippen LogP contribution in [0.2, 0.25) is 0 Å². The molecule has 1 aromatic carbocycles. The highest BCUT2D eigenvalue weighted by Crippen LogP contribution is 2.30. The zero-order valence-corrected chi connectivity index (χ0v) is 12.4. The third-order valence-corrected chi connectivity index (χ3v) is 4.08. The lowest BCUT2D eigenvalue weighted by Crippen LogP contribution is -2.18. The van der Waals surface area contributed by atoms with Gasteiger partial charge in [-0.3, -0.25) is 14.9 Å². The van der Waals surface area contributed by atoms with Gasteiger partial charge in [0, 0.05) is 23.6 Å². The van der Waals surface area contributed by atoms with Crippen LogP contribution in [0.4, 0.5) is 11.4 Å². The maximum atomic E-state index is 11.7. The van der Waals surface area contributed by atoms with Crippen molar-refractivity contribution in [1.29, 1.82) is 0 Å². The van der Waals surface area contributed by atoms with Crippen molar-refractivity contribution in [2.45, 2.75) is 13.0 Å². The second kappa shape index (κ2) is 6.36. The van der Waals surface area contributed by atoms with Gasteiger partial charge in [0.05, 0.1) is 11.0 Å². The minimum Gasteiger partial charge on any atom is -0.372 e. The number of carbonyl (C=O) groups is 1. The van der Waals surface area contributed by atoms with Crippen LogP contribution in [0, 0.1) is 10.1 Å². The number of hydrogen-bond acceptors (Lipinski definition) is 5. The molecular weight excluding hydrogens is 290 g/mol. The molecular formula is C14H15N3O3S. The number of hydrogen-bond donors (Lipinski definition) is 2. The van der Waals surface area contributed by atoms with E-state index in [9.17, 15) is 14.9 Å². The van der Waals surface area contributed by atoms with Gasteiger partial charge in [0.1, 0.15) is 5.69 Å². The van der Waals surface area contributed by atoms with Gasteiger partial charge >= 0.3 is 0 Å². The van der Waals surface area contributed by atoms with E-state index in [2.05, 4.69) is 10.6 Å². The molecule has 0 aliphatic rings. The SMILES string of the molecule is CNC(=O)c1ccc([N+](=O)[O-])c(NC(C)c2cccs2)c1. The van der Waals surface area contributed by atoms with Gasteiger partial charge in [0.15, 0.2) is 0 Å².